The molecule has 5 nitrogen and oxygen atoms in total. The highest BCUT2D eigenvalue weighted by atomic mass is 35.5. The largest absolute Gasteiger partial charge is 0.497 e. The summed E-state index contributed by atoms with van der Waals surface area (Å²) >= 11 is 6.09. The van der Waals surface area contributed by atoms with Crippen LogP contribution in [0.25, 0.3) is 0 Å². The van der Waals surface area contributed by atoms with Crippen molar-refractivity contribution in [2.45, 2.75) is 25.8 Å². The lowest BCUT2D eigenvalue weighted by Crippen LogP contribution is -2.35. The number of hydrogen-bond acceptors (Lipinski definition) is 4. The Morgan fingerprint density at radius 1 is 1.45 bits per heavy atom. The minimum absolute atomic E-state index is 0.145. The van der Waals surface area contributed by atoms with Gasteiger partial charge in [0.25, 0.3) is 5.91 Å². The van der Waals surface area contributed by atoms with Crippen molar-refractivity contribution in [2.75, 3.05) is 19.0 Å². The molecule has 108 valence electrons. The number of likely N-dealkylation sites (tertiary alicyclic amines) is 1. The second kappa shape index (κ2) is 6.13. The van der Waals surface area contributed by atoms with Crippen LogP contribution in [0.5, 0.6) is 5.75 Å². The number of anilines is 1. The average Bonchev–Trinajstić information content (AvgIpc) is 2.69. The zero-order valence-corrected chi connectivity index (χ0v) is 12.2. The van der Waals surface area contributed by atoms with E-state index in [0.717, 1.165) is 6.42 Å². The van der Waals surface area contributed by atoms with E-state index in [1.807, 2.05) is 6.92 Å². The number of hydrogen-bond donors (Lipinski definition) is 1. The number of rotatable bonds is 5. The van der Waals surface area contributed by atoms with Crippen molar-refractivity contribution in [3.05, 3.63) is 23.2 Å². The van der Waals surface area contributed by atoms with Gasteiger partial charge in [0.15, 0.2) is 0 Å². The zero-order chi connectivity index (χ0) is 14.7. The van der Waals surface area contributed by atoms with Gasteiger partial charge in [0.1, 0.15) is 11.8 Å². The van der Waals surface area contributed by atoms with Crippen LogP contribution in [0, 0.1) is 0 Å². The van der Waals surface area contributed by atoms with Crippen molar-refractivity contribution >= 4 is 29.1 Å². The summed E-state index contributed by atoms with van der Waals surface area (Å²) in [7, 11) is 1.56. The summed E-state index contributed by atoms with van der Waals surface area (Å²) < 4.78 is 5.12. The second-order valence-corrected chi connectivity index (χ2v) is 5.04. The number of amides is 2. The van der Waals surface area contributed by atoms with E-state index in [9.17, 15) is 9.59 Å². The Kier molecular flexibility index (Phi) is 4.49. The van der Waals surface area contributed by atoms with Crippen LogP contribution < -0.4 is 10.1 Å². The van der Waals surface area contributed by atoms with Gasteiger partial charge in [0, 0.05) is 12.6 Å². The predicted molar refractivity (Wildman–Crippen MR) is 77.0 cm³/mol. The van der Waals surface area contributed by atoms with Gasteiger partial charge in [-0.1, -0.05) is 18.5 Å². The fourth-order valence-corrected chi connectivity index (χ4v) is 2.36. The van der Waals surface area contributed by atoms with Gasteiger partial charge in [-0.15, -0.1) is 0 Å². The molecule has 2 rings (SSSR count). The van der Waals surface area contributed by atoms with Gasteiger partial charge in [0.2, 0.25) is 5.91 Å². The van der Waals surface area contributed by atoms with E-state index in [1.54, 1.807) is 25.3 Å². The number of methoxy groups -OCH3 is 1. The third-order valence-electron chi connectivity index (χ3n) is 3.19. The lowest BCUT2D eigenvalue weighted by molar-refractivity contribution is -0.138. The summed E-state index contributed by atoms with van der Waals surface area (Å²) in [5.74, 6) is 0.295. The molecule has 0 spiro atoms. The SMILES string of the molecule is CCCN1C(=O)CC(Nc2cc(OC)ccc2Cl)C1=O. The molecule has 6 heteroatoms. The van der Waals surface area contributed by atoms with Crippen molar-refractivity contribution in [1.29, 1.82) is 0 Å². The maximum Gasteiger partial charge on any atom is 0.252 e. The summed E-state index contributed by atoms with van der Waals surface area (Å²) in [6.45, 7) is 2.39. The van der Waals surface area contributed by atoms with Gasteiger partial charge in [-0.25, -0.2) is 0 Å². The molecule has 1 aliphatic rings. The van der Waals surface area contributed by atoms with Crippen LogP contribution in [0.4, 0.5) is 5.69 Å². The predicted octanol–water partition coefficient (Wildman–Crippen LogP) is 2.30. The molecule has 1 N–H and O–H groups in total. The summed E-state index contributed by atoms with van der Waals surface area (Å²) in [6, 6.07) is 4.58. The molecule has 0 bridgehead atoms. The molecule has 0 radical (unpaired) electrons. The molecule has 0 saturated carbocycles. The molecule has 0 aliphatic carbocycles. The summed E-state index contributed by atoms with van der Waals surface area (Å²) in [4.78, 5) is 25.2. The van der Waals surface area contributed by atoms with Gasteiger partial charge < -0.3 is 10.1 Å². The third-order valence-corrected chi connectivity index (χ3v) is 3.52. The van der Waals surface area contributed by atoms with Gasteiger partial charge in [-0.2, -0.15) is 0 Å². The normalized spacial score (nSPS) is 18.6. The minimum Gasteiger partial charge on any atom is -0.497 e. The smallest absolute Gasteiger partial charge is 0.252 e. The molecule has 1 heterocycles. The van der Waals surface area contributed by atoms with E-state index in [4.69, 9.17) is 16.3 Å². The van der Waals surface area contributed by atoms with Crippen LogP contribution in [-0.2, 0) is 9.59 Å². The molecule has 1 aromatic rings. The van der Waals surface area contributed by atoms with Crippen LogP contribution in [0.1, 0.15) is 19.8 Å². The van der Waals surface area contributed by atoms with E-state index in [0.29, 0.717) is 23.0 Å². The van der Waals surface area contributed by atoms with E-state index >= 15 is 0 Å². The van der Waals surface area contributed by atoms with Crippen LogP contribution in [0.2, 0.25) is 5.02 Å². The Morgan fingerprint density at radius 3 is 2.85 bits per heavy atom. The van der Waals surface area contributed by atoms with Crippen molar-refractivity contribution < 1.29 is 14.3 Å². The molecule has 1 aromatic carbocycles. The van der Waals surface area contributed by atoms with E-state index in [1.165, 1.54) is 4.90 Å². The van der Waals surface area contributed by atoms with Gasteiger partial charge in [0.05, 0.1) is 24.2 Å². The first-order chi connectivity index (χ1) is 9.56. The lowest BCUT2D eigenvalue weighted by atomic mass is 10.2. The van der Waals surface area contributed by atoms with Crippen LogP contribution in [0.3, 0.4) is 0 Å². The molecule has 2 amide bonds. The highest BCUT2D eigenvalue weighted by molar-refractivity contribution is 6.33. The van der Waals surface area contributed by atoms with Crippen molar-refractivity contribution in [2.24, 2.45) is 0 Å². The van der Waals surface area contributed by atoms with Crippen molar-refractivity contribution in [3.63, 3.8) is 0 Å². The Balaban J connectivity index is 2.15. The first-order valence-electron chi connectivity index (χ1n) is 6.51. The standard InChI is InChI=1S/C14H17ClN2O3/c1-3-6-17-13(18)8-12(14(17)19)16-11-7-9(20-2)4-5-10(11)15/h4-5,7,12,16H,3,6,8H2,1-2H3. The number of ether oxygens (including phenoxy) is 1. The average molecular weight is 297 g/mol. The molecule has 1 atom stereocenters. The summed E-state index contributed by atoms with van der Waals surface area (Å²) in [5, 5.41) is 3.51. The van der Waals surface area contributed by atoms with Crippen molar-refractivity contribution in [3.8, 4) is 5.75 Å². The van der Waals surface area contributed by atoms with E-state index in [2.05, 4.69) is 5.32 Å². The maximum atomic E-state index is 12.1. The highest BCUT2D eigenvalue weighted by Gasteiger charge is 2.38. The Bertz CT molecular complexity index is 533. The maximum absolute atomic E-state index is 12.1. The first kappa shape index (κ1) is 14.7. The van der Waals surface area contributed by atoms with Crippen LogP contribution >= 0.6 is 11.6 Å². The number of nitrogens with zero attached hydrogens (tertiary/aromatic N) is 1. The van der Waals surface area contributed by atoms with Gasteiger partial charge in [-0.05, 0) is 18.6 Å². The first-order valence-corrected chi connectivity index (χ1v) is 6.89. The molecular weight excluding hydrogens is 280 g/mol. The topological polar surface area (TPSA) is 58.6 Å². The molecule has 0 aromatic heterocycles. The number of nitrogens with one attached hydrogen (secondary N) is 1. The molecule has 20 heavy (non-hydrogen) atoms. The highest BCUT2D eigenvalue weighted by Crippen LogP contribution is 2.29. The van der Waals surface area contributed by atoms with E-state index in [-0.39, 0.29) is 18.2 Å². The fourth-order valence-electron chi connectivity index (χ4n) is 2.18. The van der Waals surface area contributed by atoms with E-state index < -0.39 is 6.04 Å². The Labute approximate surface area is 122 Å². The zero-order valence-electron chi connectivity index (χ0n) is 11.5. The molecular formula is C14H17ClN2O3. The fraction of sp³-hybridized carbons (Fsp3) is 0.429. The number of imide groups is 1. The number of carbonyl (C=O) groups is 2. The van der Waals surface area contributed by atoms with Gasteiger partial charge >= 0.3 is 0 Å². The number of carbonyl (C=O) groups excluding carboxylic acids is 2. The summed E-state index contributed by atoms with van der Waals surface area (Å²) in [5.41, 5.74) is 0.593. The molecule has 1 saturated heterocycles. The Morgan fingerprint density at radius 2 is 2.20 bits per heavy atom. The molecule has 1 fully saturated rings. The van der Waals surface area contributed by atoms with Crippen molar-refractivity contribution in [1.82, 2.24) is 4.90 Å². The quantitative estimate of drug-likeness (QED) is 0.847. The second-order valence-electron chi connectivity index (χ2n) is 4.63. The Hall–Kier alpha value is -1.75. The van der Waals surface area contributed by atoms with Crippen LogP contribution in [0.15, 0.2) is 18.2 Å². The lowest BCUT2D eigenvalue weighted by Gasteiger charge is -2.16. The molecule has 1 aliphatic heterocycles. The monoisotopic (exact) mass is 296 g/mol. The third kappa shape index (κ3) is 2.88. The van der Waals surface area contributed by atoms with Crippen LogP contribution in [-0.4, -0.2) is 36.4 Å². The number of halogens is 1. The summed E-state index contributed by atoms with van der Waals surface area (Å²) in [6.07, 6.45) is 0.913. The molecule has 1 unspecified atom stereocenters. The number of benzene rings is 1. The van der Waals surface area contributed by atoms with Gasteiger partial charge in [-0.3, -0.25) is 14.5 Å². The minimum atomic E-state index is -0.557.